The molecule has 1 aromatic rings. The Balaban J connectivity index is 2.00. The number of ether oxygens (including phenoxy) is 2. The average Bonchev–Trinajstić information content (AvgIpc) is 2.87. The van der Waals surface area contributed by atoms with Crippen LogP contribution in [0, 0.1) is 0 Å². The summed E-state index contributed by atoms with van der Waals surface area (Å²) in [6.07, 6.45) is 21.7. The summed E-state index contributed by atoms with van der Waals surface area (Å²) < 4.78 is 23.3. The fraction of sp³-hybridized carbons (Fsp3) is 0.821. The van der Waals surface area contributed by atoms with E-state index in [2.05, 4.69) is 6.92 Å². The number of anilines is 1. The lowest BCUT2D eigenvalue weighted by Gasteiger charge is -2.22. The van der Waals surface area contributed by atoms with Gasteiger partial charge in [0.2, 0.25) is 0 Å². The topological polar surface area (TPSA) is 110 Å². The number of nitrogens with two attached hydrogens (primary N) is 1. The van der Waals surface area contributed by atoms with E-state index in [0.29, 0.717) is 32.1 Å². The van der Waals surface area contributed by atoms with Crippen LogP contribution in [0.25, 0.3) is 0 Å². The minimum Gasteiger partial charge on any atom is -0.606 e. The third-order valence-corrected chi connectivity index (χ3v) is 7.24. The Morgan fingerprint density at radius 2 is 1.46 bits per heavy atom. The summed E-state index contributed by atoms with van der Waals surface area (Å²) >= 11 is 0. The third-order valence-electron chi connectivity index (χ3n) is 6.26. The highest BCUT2D eigenvalue weighted by Crippen LogP contribution is 2.47. The second kappa shape index (κ2) is 23.1. The zero-order chi connectivity index (χ0) is 27.0. The molecule has 1 aromatic heterocycles. The molecule has 1 heterocycles. The third kappa shape index (κ3) is 20.7. The quantitative estimate of drug-likeness (QED) is 0.0896. The Labute approximate surface area is 226 Å². The summed E-state index contributed by atoms with van der Waals surface area (Å²) in [6, 6.07) is 3.57. The smallest absolute Gasteiger partial charge is 0.377 e. The maximum absolute atomic E-state index is 12.2. The molecule has 9 heteroatoms. The SMILES string of the molecule is CCCCCCCCCCCCCCCCOC[C@H](CO[P+]([O-])(O)OCC[n+]1cccc(N)c1)OCC. The van der Waals surface area contributed by atoms with Crippen LogP contribution in [0.15, 0.2) is 24.5 Å². The van der Waals surface area contributed by atoms with Gasteiger partial charge in [0.05, 0.1) is 12.3 Å². The minimum absolute atomic E-state index is 0.0246. The molecule has 37 heavy (non-hydrogen) atoms. The van der Waals surface area contributed by atoms with Crippen LogP contribution in [0.4, 0.5) is 5.69 Å². The predicted octanol–water partition coefficient (Wildman–Crippen LogP) is 5.52. The predicted molar refractivity (Wildman–Crippen MR) is 149 cm³/mol. The van der Waals surface area contributed by atoms with E-state index in [-0.39, 0.29) is 13.2 Å². The van der Waals surface area contributed by atoms with Gasteiger partial charge in [-0.3, -0.25) is 0 Å². The van der Waals surface area contributed by atoms with Crippen molar-refractivity contribution in [3.05, 3.63) is 24.5 Å². The summed E-state index contributed by atoms with van der Waals surface area (Å²) in [5.41, 5.74) is 6.34. The lowest BCUT2D eigenvalue weighted by molar-refractivity contribution is -0.697. The normalized spacial score (nSPS) is 14.1. The van der Waals surface area contributed by atoms with Crippen molar-refractivity contribution in [2.45, 2.75) is 116 Å². The van der Waals surface area contributed by atoms with E-state index >= 15 is 0 Å². The summed E-state index contributed by atoms with van der Waals surface area (Å²) in [4.78, 5) is 22.1. The molecule has 0 amide bonds. The molecule has 0 saturated carbocycles. The van der Waals surface area contributed by atoms with E-state index in [1.165, 1.54) is 77.0 Å². The Kier molecular flexibility index (Phi) is 21.3. The Hall–Kier alpha value is -0.860. The molecule has 0 radical (unpaired) electrons. The number of hydrogen-bond acceptors (Lipinski definition) is 7. The molecule has 216 valence electrons. The molecule has 0 aliphatic rings. The number of phosphoric ester groups is 1. The average molecular weight is 546 g/mol. The summed E-state index contributed by atoms with van der Waals surface area (Å²) in [5, 5.41) is 0. The number of nitrogens with zero attached hydrogens (tertiary/aromatic N) is 1. The molecule has 0 spiro atoms. The Bertz CT molecular complexity index is 653. The van der Waals surface area contributed by atoms with Gasteiger partial charge < -0.3 is 20.1 Å². The number of nitrogen functional groups attached to an aromatic ring is 1. The fourth-order valence-corrected chi connectivity index (χ4v) is 4.89. The van der Waals surface area contributed by atoms with Gasteiger partial charge in [-0.2, -0.15) is 13.9 Å². The van der Waals surface area contributed by atoms with Gasteiger partial charge in [0.1, 0.15) is 12.7 Å². The van der Waals surface area contributed by atoms with Crippen molar-refractivity contribution < 1.29 is 32.9 Å². The van der Waals surface area contributed by atoms with Gasteiger partial charge in [-0.1, -0.05) is 90.4 Å². The zero-order valence-corrected chi connectivity index (χ0v) is 24.4. The van der Waals surface area contributed by atoms with Gasteiger partial charge in [0.25, 0.3) is 0 Å². The van der Waals surface area contributed by atoms with Crippen molar-refractivity contribution in [3.8, 4) is 0 Å². The van der Waals surface area contributed by atoms with E-state index in [0.717, 1.165) is 12.8 Å². The van der Waals surface area contributed by atoms with Crippen LogP contribution in [0.2, 0.25) is 0 Å². The van der Waals surface area contributed by atoms with Crippen molar-refractivity contribution >= 4 is 13.9 Å². The van der Waals surface area contributed by atoms with Crippen LogP contribution in [0.3, 0.4) is 0 Å². The van der Waals surface area contributed by atoms with Crippen LogP contribution in [-0.4, -0.2) is 44.0 Å². The number of unbranched alkanes of at least 4 members (excludes halogenated alkanes) is 13. The fourth-order valence-electron chi connectivity index (χ4n) is 4.15. The summed E-state index contributed by atoms with van der Waals surface area (Å²) in [6.45, 7) is 5.94. The van der Waals surface area contributed by atoms with Crippen LogP contribution < -0.4 is 15.2 Å². The van der Waals surface area contributed by atoms with Crippen molar-refractivity contribution in [1.82, 2.24) is 0 Å². The van der Waals surface area contributed by atoms with E-state index in [1.54, 1.807) is 22.9 Å². The van der Waals surface area contributed by atoms with Crippen molar-refractivity contribution in [2.75, 3.05) is 38.8 Å². The number of hydrogen-bond donors (Lipinski definition) is 2. The highest BCUT2D eigenvalue weighted by Gasteiger charge is 2.29. The summed E-state index contributed by atoms with van der Waals surface area (Å²) in [5.74, 6) is 0. The lowest BCUT2D eigenvalue weighted by Crippen LogP contribution is -2.36. The molecule has 0 aliphatic carbocycles. The van der Waals surface area contributed by atoms with Crippen molar-refractivity contribution in [2.24, 2.45) is 0 Å². The van der Waals surface area contributed by atoms with Crippen LogP contribution in [0.1, 0.15) is 104 Å². The summed E-state index contributed by atoms with van der Waals surface area (Å²) in [7, 11) is -4.18. The first kappa shape index (κ1) is 34.2. The number of rotatable bonds is 26. The highest BCUT2D eigenvalue weighted by molar-refractivity contribution is 7.52. The van der Waals surface area contributed by atoms with Crippen LogP contribution in [0.5, 0.6) is 0 Å². The second-order valence-electron chi connectivity index (χ2n) is 9.72. The number of phosphoric acid groups is 1. The monoisotopic (exact) mass is 545 g/mol. The number of pyridine rings is 1. The van der Waals surface area contributed by atoms with Crippen LogP contribution in [-0.2, 0) is 25.1 Å². The molecule has 0 fully saturated rings. The van der Waals surface area contributed by atoms with E-state index in [4.69, 9.17) is 24.3 Å². The van der Waals surface area contributed by atoms with Crippen molar-refractivity contribution in [3.63, 3.8) is 0 Å². The molecule has 0 bridgehead atoms. The maximum Gasteiger partial charge on any atom is 0.377 e. The number of aromatic nitrogens is 1. The molecule has 1 unspecified atom stereocenters. The molecule has 0 saturated heterocycles. The first-order valence-corrected chi connectivity index (χ1v) is 16.0. The van der Waals surface area contributed by atoms with E-state index in [1.807, 2.05) is 13.1 Å². The molecule has 8 nitrogen and oxygen atoms in total. The molecule has 3 N–H and O–H groups in total. The second-order valence-corrected chi connectivity index (χ2v) is 11.2. The maximum atomic E-state index is 12.2. The van der Waals surface area contributed by atoms with Gasteiger partial charge >= 0.3 is 8.17 Å². The minimum atomic E-state index is -4.18. The van der Waals surface area contributed by atoms with Crippen molar-refractivity contribution in [1.29, 1.82) is 0 Å². The van der Waals surface area contributed by atoms with Gasteiger partial charge in [-0.15, -0.1) is 0 Å². The molecule has 0 aliphatic heterocycles. The van der Waals surface area contributed by atoms with Crippen LogP contribution >= 0.6 is 8.17 Å². The zero-order valence-electron chi connectivity index (χ0n) is 23.5. The van der Waals surface area contributed by atoms with E-state index < -0.39 is 14.3 Å². The van der Waals surface area contributed by atoms with Gasteiger partial charge in [-0.05, 0) is 19.4 Å². The molecular formula is C28H54N2O6P+. The van der Waals surface area contributed by atoms with Gasteiger partial charge in [0, 0.05) is 19.3 Å². The first-order chi connectivity index (χ1) is 18.0. The molecule has 2 atom stereocenters. The standard InChI is InChI=1S/C28H53N2O6P/c1-3-5-6-7-8-9-10-11-12-13-14-15-16-17-22-33-25-28(34-4-2)26-36-37(31,32)35-23-21-30-20-18-19-27(29)24-30/h18-20,24,28H,3-17,21-23,25-26,29H2,1-2H3/p+1/t28-/m1/s1. The van der Waals surface area contributed by atoms with E-state index in [9.17, 15) is 9.79 Å². The molecule has 1 rings (SSSR count). The van der Waals surface area contributed by atoms with Gasteiger partial charge in [-0.25, -0.2) is 4.57 Å². The van der Waals surface area contributed by atoms with Gasteiger partial charge in [0.15, 0.2) is 25.5 Å². The molecular weight excluding hydrogens is 491 g/mol. The first-order valence-electron chi connectivity index (χ1n) is 14.5. The highest BCUT2D eigenvalue weighted by atomic mass is 31.2. The molecule has 0 aromatic carbocycles. The largest absolute Gasteiger partial charge is 0.606 e. The Morgan fingerprint density at radius 3 is 2.03 bits per heavy atom. The Morgan fingerprint density at radius 1 is 0.865 bits per heavy atom. The lowest BCUT2D eigenvalue weighted by atomic mass is 10.0.